The van der Waals surface area contributed by atoms with E-state index in [0.29, 0.717) is 0 Å². The van der Waals surface area contributed by atoms with Crippen LogP contribution in [0.5, 0.6) is 0 Å². The molecule has 1 heterocycles. The Labute approximate surface area is 140 Å². The molecule has 3 rings (SSSR count). The highest BCUT2D eigenvalue weighted by Crippen LogP contribution is 2.17. The molecule has 0 aliphatic rings. The monoisotopic (exact) mass is 345 g/mol. The van der Waals surface area contributed by atoms with Gasteiger partial charge < -0.3 is 0 Å². The molecule has 0 fully saturated rings. The number of hydrogen-bond acceptors (Lipinski definition) is 3. The third kappa shape index (κ3) is 3.37. The summed E-state index contributed by atoms with van der Waals surface area (Å²) in [4.78, 5) is 0.0573. The highest BCUT2D eigenvalue weighted by molar-refractivity contribution is 7.89. The van der Waals surface area contributed by atoms with Crippen molar-refractivity contribution in [2.24, 2.45) is 0 Å². The molecule has 0 spiro atoms. The molecule has 124 valence electrons. The zero-order chi connectivity index (χ0) is 17.2. The first-order chi connectivity index (χ1) is 11.5. The van der Waals surface area contributed by atoms with Crippen LogP contribution < -0.4 is 0 Å². The highest BCUT2D eigenvalue weighted by Gasteiger charge is 2.21. The molecule has 1 aromatic heterocycles. The van der Waals surface area contributed by atoms with Gasteiger partial charge in [0.1, 0.15) is 5.82 Å². The van der Waals surface area contributed by atoms with Crippen LogP contribution in [0.4, 0.5) is 4.39 Å². The maximum absolute atomic E-state index is 13.0. The molecule has 0 aliphatic heterocycles. The van der Waals surface area contributed by atoms with Crippen LogP contribution in [0.2, 0.25) is 0 Å². The normalized spacial score (nSPS) is 11.8. The fourth-order valence-electron chi connectivity index (χ4n) is 2.29. The first-order valence-corrected chi connectivity index (χ1v) is 8.72. The summed E-state index contributed by atoms with van der Waals surface area (Å²) in [6.45, 7) is 0.173. The van der Waals surface area contributed by atoms with E-state index in [1.807, 2.05) is 30.3 Å². The summed E-state index contributed by atoms with van der Waals surface area (Å²) in [6.07, 6.45) is 3.41. The average molecular weight is 345 g/mol. The first-order valence-electron chi connectivity index (χ1n) is 7.28. The standard InChI is InChI=1S/C17H16FN3O2S/c1-20(24(22,23)17-9-7-15(18)8-10-17)12-14-11-19-21(13-14)16-5-3-2-4-6-16/h2-11,13H,12H2,1H3. The van der Waals surface area contributed by atoms with E-state index >= 15 is 0 Å². The quantitative estimate of drug-likeness (QED) is 0.714. The lowest BCUT2D eigenvalue weighted by Crippen LogP contribution is -2.26. The van der Waals surface area contributed by atoms with E-state index in [0.717, 1.165) is 23.4 Å². The van der Waals surface area contributed by atoms with Crippen molar-refractivity contribution >= 4 is 10.0 Å². The number of nitrogens with zero attached hydrogens (tertiary/aromatic N) is 3. The van der Waals surface area contributed by atoms with Gasteiger partial charge in [0.15, 0.2) is 0 Å². The molecule has 0 saturated carbocycles. The molecule has 0 atom stereocenters. The largest absolute Gasteiger partial charge is 0.243 e. The van der Waals surface area contributed by atoms with Crippen LogP contribution in [0.15, 0.2) is 71.9 Å². The van der Waals surface area contributed by atoms with Crippen molar-refractivity contribution in [1.82, 2.24) is 14.1 Å². The van der Waals surface area contributed by atoms with Gasteiger partial charge in [-0.3, -0.25) is 0 Å². The van der Waals surface area contributed by atoms with Crippen molar-refractivity contribution in [1.29, 1.82) is 0 Å². The molecule has 7 heteroatoms. The van der Waals surface area contributed by atoms with Crippen LogP contribution in [0.3, 0.4) is 0 Å². The Balaban J connectivity index is 1.78. The first kappa shape index (κ1) is 16.4. The summed E-state index contributed by atoms with van der Waals surface area (Å²) in [5.41, 5.74) is 1.65. The second kappa shape index (κ2) is 6.54. The lowest BCUT2D eigenvalue weighted by atomic mass is 10.3. The van der Waals surface area contributed by atoms with Crippen LogP contribution in [-0.2, 0) is 16.6 Å². The Morgan fingerprint density at radius 3 is 2.42 bits per heavy atom. The number of para-hydroxylation sites is 1. The minimum Gasteiger partial charge on any atom is -0.241 e. The molecule has 0 amide bonds. The van der Waals surface area contributed by atoms with Crippen LogP contribution in [0.1, 0.15) is 5.56 Å². The minimum absolute atomic E-state index is 0.0573. The summed E-state index contributed by atoms with van der Waals surface area (Å²) < 4.78 is 40.9. The third-order valence-electron chi connectivity index (χ3n) is 3.58. The van der Waals surface area contributed by atoms with Crippen LogP contribution >= 0.6 is 0 Å². The number of halogens is 1. The van der Waals surface area contributed by atoms with Gasteiger partial charge in [0.25, 0.3) is 0 Å². The van der Waals surface area contributed by atoms with E-state index in [1.165, 1.54) is 23.5 Å². The van der Waals surface area contributed by atoms with Crippen molar-refractivity contribution in [3.05, 3.63) is 78.4 Å². The number of benzene rings is 2. The Morgan fingerprint density at radius 2 is 1.75 bits per heavy atom. The summed E-state index contributed by atoms with van der Waals surface area (Å²) in [7, 11) is -2.20. The average Bonchev–Trinajstić information content (AvgIpc) is 3.04. The Morgan fingerprint density at radius 1 is 1.08 bits per heavy atom. The second-order valence-electron chi connectivity index (χ2n) is 5.34. The highest BCUT2D eigenvalue weighted by atomic mass is 32.2. The molecule has 0 N–H and O–H groups in total. The van der Waals surface area contributed by atoms with Gasteiger partial charge in [-0.05, 0) is 36.4 Å². The molecule has 5 nitrogen and oxygen atoms in total. The molecule has 24 heavy (non-hydrogen) atoms. The van der Waals surface area contributed by atoms with Crippen molar-refractivity contribution in [2.45, 2.75) is 11.4 Å². The number of aromatic nitrogens is 2. The predicted molar refractivity (Wildman–Crippen MR) is 88.6 cm³/mol. The molecule has 2 aromatic carbocycles. The van der Waals surface area contributed by atoms with E-state index in [-0.39, 0.29) is 11.4 Å². The molecular weight excluding hydrogens is 329 g/mol. The van der Waals surface area contributed by atoms with Gasteiger partial charge >= 0.3 is 0 Å². The van der Waals surface area contributed by atoms with Crippen LogP contribution in [-0.4, -0.2) is 29.6 Å². The Kier molecular flexibility index (Phi) is 4.46. The molecule has 0 radical (unpaired) electrons. The molecule has 0 unspecified atom stereocenters. The van der Waals surface area contributed by atoms with Gasteiger partial charge in [0.05, 0.1) is 16.8 Å². The fourth-order valence-corrected chi connectivity index (χ4v) is 3.45. The van der Waals surface area contributed by atoms with Crippen molar-refractivity contribution in [2.75, 3.05) is 7.05 Å². The summed E-state index contributed by atoms with van der Waals surface area (Å²) in [5, 5.41) is 4.25. The lowest BCUT2D eigenvalue weighted by Gasteiger charge is -2.16. The van der Waals surface area contributed by atoms with E-state index in [1.54, 1.807) is 17.1 Å². The van der Waals surface area contributed by atoms with Crippen LogP contribution in [0.25, 0.3) is 5.69 Å². The van der Waals surface area contributed by atoms with E-state index in [2.05, 4.69) is 5.10 Å². The van der Waals surface area contributed by atoms with Crippen LogP contribution in [0, 0.1) is 5.82 Å². The van der Waals surface area contributed by atoms with Gasteiger partial charge in [-0.1, -0.05) is 18.2 Å². The number of rotatable bonds is 5. The van der Waals surface area contributed by atoms with Gasteiger partial charge in [-0.25, -0.2) is 17.5 Å². The fraction of sp³-hybridized carbons (Fsp3) is 0.118. The predicted octanol–water partition coefficient (Wildman–Crippen LogP) is 2.83. The lowest BCUT2D eigenvalue weighted by molar-refractivity contribution is 0.466. The van der Waals surface area contributed by atoms with Crippen molar-refractivity contribution in [3.63, 3.8) is 0 Å². The van der Waals surface area contributed by atoms with Gasteiger partial charge in [0, 0.05) is 25.4 Å². The van der Waals surface area contributed by atoms with E-state index in [9.17, 15) is 12.8 Å². The molecule has 0 saturated heterocycles. The summed E-state index contributed by atoms with van der Waals surface area (Å²) >= 11 is 0. The third-order valence-corrected chi connectivity index (χ3v) is 5.40. The minimum atomic E-state index is -3.68. The molecule has 3 aromatic rings. The second-order valence-corrected chi connectivity index (χ2v) is 7.39. The summed E-state index contributed by atoms with van der Waals surface area (Å²) in [6, 6.07) is 14.3. The van der Waals surface area contributed by atoms with E-state index in [4.69, 9.17) is 0 Å². The number of hydrogen-bond donors (Lipinski definition) is 0. The topological polar surface area (TPSA) is 55.2 Å². The zero-order valence-corrected chi connectivity index (χ0v) is 13.8. The van der Waals surface area contributed by atoms with Crippen molar-refractivity contribution in [3.8, 4) is 5.69 Å². The Bertz CT molecular complexity index is 922. The maximum Gasteiger partial charge on any atom is 0.243 e. The van der Waals surface area contributed by atoms with Crippen molar-refractivity contribution < 1.29 is 12.8 Å². The molecular formula is C17H16FN3O2S. The number of sulfonamides is 1. The van der Waals surface area contributed by atoms with Gasteiger partial charge in [-0.2, -0.15) is 9.40 Å². The van der Waals surface area contributed by atoms with Gasteiger partial charge in [-0.15, -0.1) is 0 Å². The smallest absolute Gasteiger partial charge is 0.241 e. The van der Waals surface area contributed by atoms with E-state index < -0.39 is 15.8 Å². The zero-order valence-electron chi connectivity index (χ0n) is 13.0. The SMILES string of the molecule is CN(Cc1cnn(-c2ccccc2)c1)S(=O)(=O)c1ccc(F)cc1. The molecule has 0 bridgehead atoms. The maximum atomic E-state index is 13.0. The summed E-state index contributed by atoms with van der Waals surface area (Å²) in [5.74, 6) is -0.472. The Hall–Kier alpha value is -2.51. The molecule has 0 aliphatic carbocycles. The van der Waals surface area contributed by atoms with Gasteiger partial charge in [0.2, 0.25) is 10.0 Å².